The van der Waals surface area contributed by atoms with Gasteiger partial charge in [0.1, 0.15) is 0 Å². The molecule has 26 heavy (non-hydrogen) atoms. The molecule has 2 fully saturated rings. The smallest absolute Gasteiger partial charge is 0.217 e. The van der Waals surface area contributed by atoms with Crippen LogP contribution in [0.25, 0.3) is 0 Å². The van der Waals surface area contributed by atoms with E-state index in [0.29, 0.717) is 5.41 Å². The van der Waals surface area contributed by atoms with E-state index in [9.17, 15) is 4.79 Å². The molecule has 3 nitrogen and oxygen atoms in total. The van der Waals surface area contributed by atoms with Crippen LogP contribution in [0.2, 0.25) is 0 Å². The Morgan fingerprint density at radius 1 is 1.19 bits per heavy atom. The summed E-state index contributed by atoms with van der Waals surface area (Å²) in [6, 6.07) is 9.02. The Balaban J connectivity index is 1.27. The van der Waals surface area contributed by atoms with E-state index in [1.54, 1.807) is 6.92 Å². The zero-order chi connectivity index (χ0) is 17.8. The summed E-state index contributed by atoms with van der Waals surface area (Å²) < 4.78 is 0. The summed E-state index contributed by atoms with van der Waals surface area (Å²) in [7, 11) is 0. The summed E-state index contributed by atoms with van der Waals surface area (Å²) in [6.07, 6.45) is 12.5. The molecule has 1 saturated carbocycles. The van der Waals surface area contributed by atoms with Gasteiger partial charge in [-0.25, -0.2) is 0 Å². The molecule has 1 aliphatic heterocycles. The Morgan fingerprint density at radius 2 is 2.00 bits per heavy atom. The highest BCUT2D eigenvalue weighted by Gasteiger charge is 2.53. The fourth-order valence-electron chi connectivity index (χ4n) is 6.13. The van der Waals surface area contributed by atoms with Gasteiger partial charge in [0.15, 0.2) is 0 Å². The molecule has 2 spiro atoms. The summed E-state index contributed by atoms with van der Waals surface area (Å²) in [4.78, 5) is 14.4. The molecule has 0 radical (unpaired) electrons. The van der Waals surface area contributed by atoms with Gasteiger partial charge >= 0.3 is 0 Å². The van der Waals surface area contributed by atoms with Gasteiger partial charge in [-0.1, -0.05) is 36.4 Å². The summed E-state index contributed by atoms with van der Waals surface area (Å²) in [6.45, 7) is 5.34. The third kappa shape index (κ3) is 2.63. The van der Waals surface area contributed by atoms with Crippen molar-refractivity contribution < 1.29 is 4.79 Å². The zero-order valence-corrected chi connectivity index (χ0v) is 15.8. The van der Waals surface area contributed by atoms with Crippen LogP contribution in [-0.4, -0.2) is 30.4 Å². The van der Waals surface area contributed by atoms with Gasteiger partial charge in [-0.15, -0.1) is 0 Å². The highest BCUT2D eigenvalue weighted by molar-refractivity contribution is 5.73. The lowest BCUT2D eigenvalue weighted by molar-refractivity contribution is -0.119. The van der Waals surface area contributed by atoms with Crippen LogP contribution in [0.5, 0.6) is 0 Å². The molecular weight excluding hydrogens is 320 g/mol. The van der Waals surface area contributed by atoms with Crippen molar-refractivity contribution in [3.63, 3.8) is 0 Å². The second-order valence-electron chi connectivity index (χ2n) is 9.20. The number of nitrogens with one attached hydrogen (secondary N) is 1. The van der Waals surface area contributed by atoms with E-state index >= 15 is 0 Å². The molecule has 5 rings (SSSR count). The quantitative estimate of drug-likeness (QED) is 0.837. The molecule has 0 aromatic heterocycles. The molecule has 1 saturated heterocycles. The predicted molar refractivity (Wildman–Crippen MR) is 104 cm³/mol. The minimum Gasteiger partial charge on any atom is -0.349 e. The third-order valence-corrected chi connectivity index (χ3v) is 7.68. The van der Waals surface area contributed by atoms with Crippen molar-refractivity contribution in [1.29, 1.82) is 0 Å². The van der Waals surface area contributed by atoms with Gasteiger partial charge in [0.2, 0.25) is 5.91 Å². The normalized spacial score (nSPS) is 34.3. The SMILES string of the molecule is CC(=O)NC1CC2(CCN(CC3CC34C=CCC4)CC2)c2ccccc21. The van der Waals surface area contributed by atoms with E-state index in [1.165, 1.54) is 62.9 Å². The van der Waals surface area contributed by atoms with Gasteiger partial charge in [0.05, 0.1) is 6.04 Å². The molecule has 1 heterocycles. The largest absolute Gasteiger partial charge is 0.349 e. The van der Waals surface area contributed by atoms with E-state index in [-0.39, 0.29) is 17.4 Å². The van der Waals surface area contributed by atoms with Crippen LogP contribution in [0.3, 0.4) is 0 Å². The van der Waals surface area contributed by atoms with Gasteiger partial charge in [0, 0.05) is 18.9 Å². The number of carbonyl (C=O) groups is 1. The number of piperidine rings is 1. The fourth-order valence-corrected chi connectivity index (χ4v) is 6.13. The Labute approximate surface area is 156 Å². The van der Waals surface area contributed by atoms with Crippen LogP contribution in [0.15, 0.2) is 36.4 Å². The monoisotopic (exact) mass is 350 g/mol. The number of nitrogens with zero attached hydrogens (tertiary/aromatic N) is 1. The van der Waals surface area contributed by atoms with E-state index in [0.717, 1.165) is 12.3 Å². The molecular formula is C23H30N2O. The highest BCUT2D eigenvalue weighted by Crippen LogP contribution is 2.60. The van der Waals surface area contributed by atoms with Crippen LogP contribution >= 0.6 is 0 Å². The summed E-state index contributed by atoms with van der Waals surface area (Å²) in [5.41, 5.74) is 3.72. The number of benzene rings is 1. The van der Waals surface area contributed by atoms with Crippen LogP contribution in [0.4, 0.5) is 0 Å². The van der Waals surface area contributed by atoms with Crippen molar-refractivity contribution in [2.45, 2.75) is 56.9 Å². The van der Waals surface area contributed by atoms with Gasteiger partial charge in [-0.3, -0.25) is 4.79 Å². The lowest BCUT2D eigenvalue weighted by atomic mass is 9.73. The van der Waals surface area contributed by atoms with E-state index in [4.69, 9.17) is 0 Å². The lowest BCUT2D eigenvalue weighted by Gasteiger charge is -2.40. The molecule has 1 aromatic rings. The van der Waals surface area contributed by atoms with Crippen molar-refractivity contribution in [3.8, 4) is 0 Å². The van der Waals surface area contributed by atoms with Crippen molar-refractivity contribution in [3.05, 3.63) is 47.5 Å². The molecule has 3 heteroatoms. The first kappa shape index (κ1) is 16.6. The van der Waals surface area contributed by atoms with E-state index in [1.807, 2.05) is 0 Å². The number of rotatable bonds is 3. The molecule has 3 unspecified atom stereocenters. The Morgan fingerprint density at radius 3 is 2.73 bits per heavy atom. The minimum absolute atomic E-state index is 0.0861. The van der Waals surface area contributed by atoms with E-state index in [2.05, 4.69) is 46.6 Å². The van der Waals surface area contributed by atoms with Gasteiger partial charge in [0.25, 0.3) is 0 Å². The van der Waals surface area contributed by atoms with Crippen molar-refractivity contribution in [1.82, 2.24) is 10.2 Å². The van der Waals surface area contributed by atoms with E-state index < -0.39 is 0 Å². The number of amides is 1. The summed E-state index contributed by atoms with van der Waals surface area (Å²) >= 11 is 0. The number of carbonyl (C=O) groups excluding carboxylic acids is 1. The fraction of sp³-hybridized carbons (Fsp3) is 0.609. The second-order valence-corrected chi connectivity index (χ2v) is 9.20. The molecule has 4 aliphatic rings. The van der Waals surface area contributed by atoms with Gasteiger partial charge < -0.3 is 10.2 Å². The Hall–Kier alpha value is -1.61. The first-order valence-corrected chi connectivity index (χ1v) is 10.4. The maximum absolute atomic E-state index is 11.7. The summed E-state index contributed by atoms with van der Waals surface area (Å²) in [5, 5.41) is 3.20. The Bertz CT molecular complexity index is 746. The average molecular weight is 351 g/mol. The second kappa shape index (κ2) is 5.95. The lowest BCUT2D eigenvalue weighted by Crippen LogP contribution is -2.43. The number of likely N-dealkylation sites (tertiary alicyclic amines) is 1. The van der Waals surface area contributed by atoms with Crippen LogP contribution in [-0.2, 0) is 10.2 Å². The number of hydrogen-bond donors (Lipinski definition) is 1. The van der Waals surface area contributed by atoms with Crippen LogP contribution in [0.1, 0.15) is 62.6 Å². The highest BCUT2D eigenvalue weighted by atomic mass is 16.1. The van der Waals surface area contributed by atoms with Crippen molar-refractivity contribution in [2.24, 2.45) is 11.3 Å². The molecule has 138 valence electrons. The molecule has 3 atom stereocenters. The van der Waals surface area contributed by atoms with Crippen molar-refractivity contribution in [2.75, 3.05) is 19.6 Å². The molecule has 1 aromatic carbocycles. The zero-order valence-electron chi connectivity index (χ0n) is 15.8. The third-order valence-electron chi connectivity index (χ3n) is 7.68. The molecule has 1 N–H and O–H groups in total. The maximum atomic E-state index is 11.7. The topological polar surface area (TPSA) is 32.3 Å². The standard InChI is InChI=1S/C23H30N2O/c1-17(26)24-21-15-23(20-7-3-2-6-19(20)21)10-12-25(13-11-23)16-18-14-22(18)8-4-5-9-22/h2-4,6-8,18,21H,5,9-16H2,1H3,(H,24,26). The first-order chi connectivity index (χ1) is 12.6. The maximum Gasteiger partial charge on any atom is 0.217 e. The van der Waals surface area contributed by atoms with Gasteiger partial charge in [-0.2, -0.15) is 0 Å². The van der Waals surface area contributed by atoms with Gasteiger partial charge in [-0.05, 0) is 74.1 Å². The molecule has 0 bridgehead atoms. The van der Waals surface area contributed by atoms with Crippen LogP contribution < -0.4 is 5.32 Å². The molecule has 1 amide bonds. The predicted octanol–water partition coefficient (Wildman–Crippen LogP) is 3.96. The van der Waals surface area contributed by atoms with Crippen molar-refractivity contribution >= 4 is 5.91 Å². The molecule has 3 aliphatic carbocycles. The minimum atomic E-state index is 0.0861. The Kier molecular flexibility index (Phi) is 3.79. The summed E-state index contributed by atoms with van der Waals surface area (Å²) in [5.74, 6) is 0.987. The number of hydrogen-bond acceptors (Lipinski definition) is 2. The average Bonchev–Trinajstić information content (AvgIpc) is 2.96. The number of fused-ring (bicyclic) bond motifs is 2. The van der Waals surface area contributed by atoms with Crippen LogP contribution in [0, 0.1) is 11.3 Å². The number of allylic oxidation sites excluding steroid dienone is 2. The first-order valence-electron chi connectivity index (χ1n) is 10.4.